The van der Waals surface area contributed by atoms with Gasteiger partial charge in [-0.05, 0) is 37.1 Å². The molecule has 1 spiro atoms. The molecule has 0 fully saturated rings. The van der Waals surface area contributed by atoms with Crippen LogP contribution in [0.15, 0.2) is 65.1 Å². The fourth-order valence-electron chi connectivity index (χ4n) is 5.08. The number of alkyl halides is 3. The van der Waals surface area contributed by atoms with Crippen molar-refractivity contribution in [3.63, 3.8) is 0 Å². The van der Waals surface area contributed by atoms with Crippen molar-refractivity contribution >= 4 is 34.7 Å². The second kappa shape index (κ2) is 7.37. The fourth-order valence-corrected chi connectivity index (χ4v) is 5.28. The minimum atomic E-state index is -4.66. The normalized spacial score (nSPS) is 22.0. The number of nitrogens with two attached hydrogens (primary N) is 1. The van der Waals surface area contributed by atoms with Crippen molar-refractivity contribution in [2.24, 2.45) is 5.73 Å². The van der Waals surface area contributed by atoms with Gasteiger partial charge in [0.25, 0.3) is 0 Å². The maximum absolute atomic E-state index is 13.5. The van der Waals surface area contributed by atoms with Crippen molar-refractivity contribution in [3.8, 4) is 6.07 Å². The van der Waals surface area contributed by atoms with Crippen LogP contribution in [0.2, 0.25) is 5.02 Å². The van der Waals surface area contributed by atoms with Gasteiger partial charge in [-0.2, -0.15) is 18.4 Å². The molecule has 1 aliphatic carbocycles. The minimum absolute atomic E-state index is 0.0421. The molecule has 6 nitrogen and oxygen atoms in total. The average Bonchev–Trinajstić information content (AvgIpc) is 3.07. The lowest BCUT2D eigenvalue weighted by Crippen LogP contribution is -2.50. The summed E-state index contributed by atoms with van der Waals surface area (Å²) in [6.07, 6.45) is -3.88. The summed E-state index contributed by atoms with van der Waals surface area (Å²) >= 11 is 6.31. The lowest BCUT2D eigenvalue weighted by Gasteiger charge is -2.43. The van der Waals surface area contributed by atoms with Crippen molar-refractivity contribution < 1.29 is 22.8 Å². The number of hydrogen-bond acceptors (Lipinski definition) is 5. The average molecular weight is 485 g/mol. The maximum atomic E-state index is 13.5. The second-order valence-corrected chi connectivity index (χ2v) is 8.63. The van der Waals surface area contributed by atoms with Crippen molar-refractivity contribution in [3.05, 3.63) is 81.3 Å². The Balaban J connectivity index is 1.87. The second-order valence-electron chi connectivity index (χ2n) is 8.22. The highest BCUT2D eigenvalue weighted by Crippen LogP contribution is 2.55. The number of amides is 1. The Bertz CT molecular complexity index is 1390. The molecule has 2 aromatic carbocycles. The van der Waals surface area contributed by atoms with Gasteiger partial charge in [0.2, 0.25) is 5.91 Å². The Kier molecular flexibility index (Phi) is 4.78. The Morgan fingerprint density at radius 1 is 1.15 bits per heavy atom. The van der Waals surface area contributed by atoms with E-state index < -0.39 is 23.1 Å². The Labute approximate surface area is 197 Å². The SMILES string of the molecule is N#CC1=C(N)N(c2cc(C(F)(F)F)ccc2Cl)C2=C(C(=O)CCC2)[C@@]12C(=O)Nc1ccccc12. The van der Waals surface area contributed by atoms with Crippen molar-refractivity contribution in [1.82, 2.24) is 0 Å². The van der Waals surface area contributed by atoms with Gasteiger partial charge in [0.05, 0.1) is 21.8 Å². The van der Waals surface area contributed by atoms with Crippen molar-refractivity contribution in [2.75, 3.05) is 10.2 Å². The third kappa shape index (κ3) is 2.82. The van der Waals surface area contributed by atoms with Gasteiger partial charge in [-0.25, -0.2) is 0 Å². The van der Waals surface area contributed by atoms with Gasteiger partial charge in [-0.15, -0.1) is 0 Å². The maximum Gasteiger partial charge on any atom is 0.416 e. The smallest absolute Gasteiger partial charge is 0.384 e. The van der Waals surface area contributed by atoms with E-state index in [4.69, 9.17) is 17.3 Å². The summed E-state index contributed by atoms with van der Waals surface area (Å²) in [6.45, 7) is 0. The van der Waals surface area contributed by atoms with E-state index in [1.54, 1.807) is 24.3 Å². The Morgan fingerprint density at radius 2 is 1.88 bits per heavy atom. The van der Waals surface area contributed by atoms with Gasteiger partial charge in [-0.3, -0.25) is 14.5 Å². The van der Waals surface area contributed by atoms with Gasteiger partial charge in [0.1, 0.15) is 17.3 Å². The quantitative estimate of drug-likeness (QED) is 0.607. The number of fused-ring (bicyclic) bond motifs is 3. The first-order valence-corrected chi connectivity index (χ1v) is 10.7. The number of carbonyl (C=O) groups excluding carboxylic acids is 2. The molecule has 0 bridgehead atoms. The first kappa shape index (κ1) is 22.0. The van der Waals surface area contributed by atoms with Crippen LogP contribution in [0.3, 0.4) is 0 Å². The zero-order chi connectivity index (χ0) is 24.4. The number of hydrogen-bond donors (Lipinski definition) is 2. The highest BCUT2D eigenvalue weighted by atomic mass is 35.5. The summed E-state index contributed by atoms with van der Waals surface area (Å²) in [5.41, 5.74) is 4.47. The van der Waals surface area contributed by atoms with Crippen LogP contribution in [0.1, 0.15) is 30.4 Å². The van der Waals surface area contributed by atoms with Gasteiger partial charge in [-0.1, -0.05) is 29.8 Å². The molecule has 2 aromatic rings. The van der Waals surface area contributed by atoms with Crippen LogP contribution >= 0.6 is 11.6 Å². The van der Waals surface area contributed by atoms with Crippen LogP contribution in [0.4, 0.5) is 24.5 Å². The highest BCUT2D eigenvalue weighted by Gasteiger charge is 2.60. The lowest BCUT2D eigenvalue weighted by atomic mass is 9.64. The Morgan fingerprint density at radius 3 is 2.59 bits per heavy atom. The molecule has 34 heavy (non-hydrogen) atoms. The summed E-state index contributed by atoms with van der Waals surface area (Å²) in [4.78, 5) is 28.1. The fraction of sp³-hybridized carbons (Fsp3) is 0.208. The molecule has 0 radical (unpaired) electrons. The number of allylic oxidation sites excluding steroid dienone is 1. The van der Waals surface area contributed by atoms with E-state index in [-0.39, 0.29) is 52.0 Å². The molecule has 3 N–H and O–H groups in total. The molecule has 0 unspecified atom stereocenters. The summed E-state index contributed by atoms with van der Waals surface area (Å²) in [7, 11) is 0. The predicted octanol–water partition coefficient (Wildman–Crippen LogP) is 4.77. The Hall–Kier alpha value is -3.77. The first-order chi connectivity index (χ1) is 16.1. The van der Waals surface area contributed by atoms with E-state index in [0.717, 1.165) is 18.2 Å². The predicted molar refractivity (Wildman–Crippen MR) is 118 cm³/mol. The van der Waals surface area contributed by atoms with Crippen molar-refractivity contribution in [2.45, 2.75) is 30.9 Å². The number of carbonyl (C=O) groups is 2. The molecule has 1 atom stereocenters. The molecular weight excluding hydrogens is 469 g/mol. The topological polar surface area (TPSA) is 99.2 Å². The number of benzene rings is 2. The number of nitrogens with one attached hydrogen (secondary N) is 1. The zero-order valence-electron chi connectivity index (χ0n) is 17.5. The van der Waals surface area contributed by atoms with Crippen LogP contribution in [-0.4, -0.2) is 11.7 Å². The standard InChI is InChI=1S/C24H16ClF3N4O2/c25-15-9-8-12(24(26,27)28)10-18(15)32-17-6-3-7-19(33)20(17)23(14(11-29)21(32)30)13-4-1-2-5-16(13)31-22(23)34/h1-2,4-5,8-10H,3,6-7,30H2,(H,31,34)/t23-/m0/s1. The number of nitrogens with zero attached hydrogens (tertiary/aromatic N) is 2. The molecule has 5 rings (SSSR count). The highest BCUT2D eigenvalue weighted by molar-refractivity contribution is 6.33. The van der Waals surface area contributed by atoms with E-state index in [1.807, 2.05) is 6.07 Å². The molecule has 0 saturated carbocycles. The first-order valence-electron chi connectivity index (χ1n) is 10.4. The number of nitriles is 1. The monoisotopic (exact) mass is 484 g/mol. The molecule has 2 heterocycles. The lowest BCUT2D eigenvalue weighted by molar-refractivity contribution is -0.137. The van der Waals surface area contributed by atoms with E-state index in [1.165, 1.54) is 4.90 Å². The molecule has 2 aliphatic heterocycles. The summed E-state index contributed by atoms with van der Waals surface area (Å²) < 4.78 is 40.4. The third-order valence-corrected chi connectivity index (χ3v) is 6.77. The van der Waals surface area contributed by atoms with Crippen LogP contribution in [0.5, 0.6) is 0 Å². The zero-order valence-corrected chi connectivity index (χ0v) is 18.2. The number of rotatable bonds is 1. The minimum Gasteiger partial charge on any atom is -0.384 e. The van der Waals surface area contributed by atoms with Gasteiger partial charge >= 0.3 is 6.18 Å². The van der Waals surface area contributed by atoms with Crippen LogP contribution in [0.25, 0.3) is 0 Å². The summed E-state index contributed by atoms with van der Waals surface area (Å²) in [6, 6.07) is 11.4. The van der Waals surface area contributed by atoms with Crippen molar-refractivity contribution in [1.29, 1.82) is 5.26 Å². The summed E-state index contributed by atoms with van der Waals surface area (Å²) in [5, 5.41) is 12.9. The number of halogens is 4. The van der Waals surface area contributed by atoms with E-state index in [2.05, 4.69) is 5.32 Å². The van der Waals surface area contributed by atoms with Gasteiger partial charge in [0.15, 0.2) is 5.78 Å². The molecule has 3 aliphatic rings. The molecule has 10 heteroatoms. The number of ketones is 1. The van der Waals surface area contributed by atoms with E-state index in [9.17, 15) is 28.0 Å². The van der Waals surface area contributed by atoms with Gasteiger partial charge < -0.3 is 11.1 Å². The van der Waals surface area contributed by atoms with E-state index >= 15 is 0 Å². The summed E-state index contributed by atoms with van der Waals surface area (Å²) in [5.74, 6) is -1.23. The molecule has 172 valence electrons. The number of anilines is 2. The third-order valence-electron chi connectivity index (χ3n) is 6.45. The van der Waals surface area contributed by atoms with Crippen LogP contribution < -0.4 is 16.0 Å². The number of Topliss-reactive ketones (excluding diaryl/α,β-unsaturated/α-hetero) is 1. The van der Waals surface area contributed by atoms with E-state index in [0.29, 0.717) is 17.7 Å². The van der Waals surface area contributed by atoms with Crippen LogP contribution in [0, 0.1) is 11.3 Å². The largest absolute Gasteiger partial charge is 0.416 e. The van der Waals surface area contributed by atoms with Crippen LogP contribution in [-0.2, 0) is 21.2 Å². The molecule has 1 amide bonds. The molecule has 0 aromatic heterocycles. The number of para-hydroxylation sites is 1. The molecule has 0 saturated heterocycles. The van der Waals surface area contributed by atoms with Gasteiger partial charge in [0, 0.05) is 28.9 Å². The molecular formula is C24H16ClF3N4O2.